The smallest absolute Gasteiger partial charge is 0.414 e. The van der Waals surface area contributed by atoms with Gasteiger partial charge in [0.1, 0.15) is 17.7 Å². The predicted molar refractivity (Wildman–Crippen MR) is 116 cm³/mol. The summed E-state index contributed by atoms with van der Waals surface area (Å²) in [6.45, 7) is 1.85. The molecule has 2 heterocycles. The van der Waals surface area contributed by atoms with Crippen LogP contribution in [0.25, 0.3) is 22.3 Å². The number of nitrogens with zero attached hydrogens (tertiary/aromatic N) is 2. The number of nitrogens with two attached hydrogens (primary N) is 1. The molecule has 1 atom stereocenters. The lowest BCUT2D eigenvalue weighted by molar-refractivity contribution is -0.119. The molecule has 0 radical (unpaired) electrons. The number of hydrogen-bond acceptors (Lipinski definition) is 5. The molecule has 1 aliphatic heterocycles. The molecule has 1 aliphatic rings. The Balaban J connectivity index is 1.50. The molecule has 0 spiro atoms. The summed E-state index contributed by atoms with van der Waals surface area (Å²) in [7, 11) is 0. The number of carbonyl (C=O) groups is 2. The fourth-order valence-electron chi connectivity index (χ4n) is 3.42. The van der Waals surface area contributed by atoms with E-state index in [9.17, 15) is 14.0 Å². The van der Waals surface area contributed by atoms with Gasteiger partial charge in [0.15, 0.2) is 0 Å². The van der Waals surface area contributed by atoms with Gasteiger partial charge in [0.05, 0.1) is 18.8 Å². The fourth-order valence-corrected chi connectivity index (χ4v) is 3.42. The van der Waals surface area contributed by atoms with Gasteiger partial charge in [-0.1, -0.05) is 24.3 Å². The molecule has 0 bridgehead atoms. The average molecular weight is 420 g/mol. The number of hydrogen-bond donors (Lipinski definition) is 2. The lowest BCUT2D eigenvalue weighted by Crippen LogP contribution is -2.33. The molecule has 3 N–H and O–H groups in total. The molecular weight excluding hydrogens is 399 g/mol. The second-order valence-corrected chi connectivity index (χ2v) is 7.27. The summed E-state index contributed by atoms with van der Waals surface area (Å²) in [4.78, 5) is 28.6. The van der Waals surface area contributed by atoms with Crippen molar-refractivity contribution in [3.63, 3.8) is 0 Å². The molecule has 1 fully saturated rings. The highest BCUT2D eigenvalue weighted by Crippen LogP contribution is 2.30. The van der Waals surface area contributed by atoms with Crippen molar-refractivity contribution in [2.24, 2.45) is 0 Å². The highest BCUT2D eigenvalue weighted by Gasteiger charge is 2.32. The Labute approximate surface area is 178 Å². The van der Waals surface area contributed by atoms with Crippen LogP contribution in [0.15, 0.2) is 60.8 Å². The Morgan fingerprint density at radius 2 is 1.87 bits per heavy atom. The highest BCUT2D eigenvalue weighted by atomic mass is 19.1. The molecule has 2 amide bonds. The lowest BCUT2D eigenvalue weighted by atomic mass is 10.0. The van der Waals surface area contributed by atoms with E-state index >= 15 is 0 Å². The third kappa shape index (κ3) is 4.48. The zero-order valence-corrected chi connectivity index (χ0v) is 16.8. The van der Waals surface area contributed by atoms with Crippen molar-refractivity contribution >= 4 is 23.5 Å². The van der Waals surface area contributed by atoms with Gasteiger partial charge >= 0.3 is 6.09 Å². The third-order valence-electron chi connectivity index (χ3n) is 5.03. The molecule has 8 heteroatoms. The van der Waals surface area contributed by atoms with Crippen molar-refractivity contribution < 1.29 is 18.7 Å². The summed E-state index contributed by atoms with van der Waals surface area (Å²) >= 11 is 0. The topological polar surface area (TPSA) is 97.5 Å². The zero-order valence-electron chi connectivity index (χ0n) is 16.8. The second kappa shape index (κ2) is 8.43. The van der Waals surface area contributed by atoms with E-state index in [0.717, 1.165) is 11.1 Å². The first-order valence-corrected chi connectivity index (χ1v) is 9.75. The molecule has 0 aliphatic carbocycles. The number of benzene rings is 2. The van der Waals surface area contributed by atoms with Gasteiger partial charge in [-0.15, -0.1) is 0 Å². The van der Waals surface area contributed by atoms with E-state index in [4.69, 9.17) is 10.5 Å². The summed E-state index contributed by atoms with van der Waals surface area (Å²) < 4.78 is 20.1. The number of carbonyl (C=O) groups excluding carboxylic acids is 2. The van der Waals surface area contributed by atoms with Gasteiger partial charge in [0.2, 0.25) is 5.91 Å². The Morgan fingerprint density at radius 3 is 2.52 bits per heavy atom. The van der Waals surface area contributed by atoms with E-state index in [1.807, 2.05) is 30.3 Å². The quantitative estimate of drug-likeness (QED) is 0.657. The second-order valence-electron chi connectivity index (χ2n) is 7.27. The molecule has 3 aromatic rings. The van der Waals surface area contributed by atoms with Crippen molar-refractivity contribution in [3.8, 4) is 22.3 Å². The van der Waals surface area contributed by atoms with Crippen molar-refractivity contribution in [1.29, 1.82) is 0 Å². The van der Waals surface area contributed by atoms with Crippen LogP contribution < -0.4 is 16.0 Å². The largest absolute Gasteiger partial charge is 0.442 e. The highest BCUT2D eigenvalue weighted by molar-refractivity contribution is 5.90. The van der Waals surface area contributed by atoms with Gasteiger partial charge < -0.3 is 15.8 Å². The normalized spacial score (nSPS) is 15.6. The van der Waals surface area contributed by atoms with Crippen LogP contribution in [0.2, 0.25) is 0 Å². The van der Waals surface area contributed by atoms with E-state index in [2.05, 4.69) is 10.3 Å². The molecule has 4 rings (SSSR count). The molecule has 1 saturated heterocycles. The lowest BCUT2D eigenvalue weighted by Gasteiger charge is -2.15. The van der Waals surface area contributed by atoms with Crippen LogP contribution in [0.4, 0.5) is 20.7 Å². The van der Waals surface area contributed by atoms with Crippen LogP contribution in [-0.2, 0) is 9.53 Å². The standard InChI is InChI=1S/C23H21FN4O3/c1-14(29)26-12-19-13-28(23(30)31-19)18-7-8-20(21(24)10-18)16-4-2-15(3-5-16)17-6-9-22(25)27-11-17/h2-11,19H,12-13H2,1H3,(H2,25,27)(H,26,29)/t19-/m0/s1. The van der Waals surface area contributed by atoms with E-state index in [1.165, 1.54) is 17.9 Å². The number of halogens is 1. The molecule has 1 aromatic heterocycles. The first-order chi connectivity index (χ1) is 14.9. The van der Waals surface area contributed by atoms with E-state index < -0.39 is 18.0 Å². The van der Waals surface area contributed by atoms with Gasteiger partial charge in [-0.25, -0.2) is 14.2 Å². The van der Waals surface area contributed by atoms with Gasteiger partial charge in [-0.05, 0) is 41.5 Å². The van der Waals surface area contributed by atoms with Gasteiger partial charge in [-0.2, -0.15) is 0 Å². The SMILES string of the molecule is CC(=O)NC[C@H]1CN(c2ccc(-c3ccc(-c4ccc(N)nc4)cc3)c(F)c2)C(=O)O1. The summed E-state index contributed by atoms with van der Waals surface area (Å²) in [5.41, 5.74) is 9.02. The molecule has 158 valence electrons. The number of rotatable bonds is 5. The number of nitrogens with one attached hydrogen (secondary N) is 1. The fraction of sp³-hybridized carbons (Fsp3) is 0.174. The molecule has 0 unspecified atom stereocenters. The number of anilines is 2. The number of aromatic nitrogens is 1. The van der Waals surface area contributed by atoms with Crippen LogP contribution in [0.3, 0.4) is 0 Å². The minimum absolute atomic E-state index is 0.205. The number of ether oxygens (including phenoxy) is 1. The number of cyclic esters (lactones) is 1. The molecule has 0 saturated carbocycles. The first kappa shape index (κ1) is 20.3. The Hall–Kier alpha value is -3.94. The number of nitrogen functional groups attached to an aromatic ring is 1. The number of amides is 2. The molecule has 31 heavy (non-hydrogen) atoms. The van der Waals surface area contributed by atoms with Gasteiger partial charge in [0, 0.05) is 24.2 Å². The van der Waals surface area contributed by atoms with Crippen molar-refractivity contribution in [3.05, 3.63) is 66.6 Å². The maximum absolute atomic E-state index is 14.9. The zero-order chi connectivity index (χ0) is 22.0. The van der Waals surface area contributed by atoms with E-state index in [-0.39, 0.29) is 19.0 Å². The molecule has 7 nitrogen and oxygen atoms in total. The van der Waals surface area contributed by atoms with E-state index in [1.54, 1.807) is 24.4 Å². The van der Waals surface area contributed by atoms with Crippen molar-refractivity contribution in [2.45, 2.75) is 13.0 Å². The minimum atomic E-state index is -0.566. The molecular formula is C23H21FN4O3. The maximum atomic E-state index is 14.9. The van der Waals surface area contributed by atoms with Crippen molar-refractivity contribution in [2.75, 3.05) is 23.7 Å². The van der Waals surface area contributed by atoms with Crippen LogP contribution in [0, 0.1) is 5.82 Å². The Bertz CT molecular complexity index is 1120. The summed E-state index contributed by atoms with van der Waals surface area (Å²) in [6, 6.07) is 15.7. The van der Waals surface area contributed by atoms with Crippen LogP contribution in [0.5, 0.6) is 0 Å². The van der Waals surface area contributed by atoms with Crippen LogP contribution >= 0.6 is 0 Å². The first-order valence-electron chi connectivity index (χ1n) is 9.75. The van der Waals surface area contributed by atoms with Crippen LogP contribution in [0.1, 0.15) is 6.92 Å². The predicted octanol–water partition coefficient (Wildman–Crippen LogP) is 3.60. The maximum Gasteiger partial charge on any atom is 0.414 e. The minimum Gasteiger partial charge on any atom is -0.442 e. The number of pyridine rings is 1. The summed E-state index contributed by atoms with van der Waals surface area (Å²) in [6.07, 6.45) is 0.645. The van der Waals surface area contributed by atoms with Crippen LogP contribution in [-0.4, -0.2) is 36.2 Å². The van der Waals surface area contributed by atoms with Gasteiger partial charge in [-0.3, -0.25) is 9.69 Å². The Morgan fingerprint density at radius 1 is 1.16 bits per heavy atom. The summed E-state index contributed by atoms with van der Waals surface area (Å²) in [5, 5.41) is 2.61. The monoisotopic (exact) mass is 420 g/mol. The average Bonchev–Trinajstić information content (AvgIpc) is 3.13. The van der Waals surface area contributed by atoms with Gasteiger partial charge in [0.25, 0.3) is 0 Å². The molecule has 2 aromatic carbocycles. The van der Waals surface area contributed by atoms with E-state index in [0.29, 0.717) is 22.6 Å². The van der Waals surface area contributed by atoms with Crippen molar-refractivity contribution in [1.82, 2.24) is 10.3 Å². The third-order valence-corrected chi connectivity index (χ3v) is 5.03. The summed E-state index contributed by atoms with van der Waals surface area (Å²) in [5.74, 6) is -0.202. The Kier molecular flexibility index (Phi) is 5.53.